The molecule has 0 radical (unpaired) electrons. The van der Waals surface area contributed by atoms with Crippen molar-refractivity contribution in [2.45, 2.75) is 18.9 Å². The summed E-state index contributed by atoms with van der Waals surface area (Å²) in [4.78, 5) is 20.8. The number of aliphatic carboxylic acids is 1. The van der Waals surface area contributed by atoms with E-state index < -0.39 is 29.8 Å². The Morgan fingerprint density at radius 2 is 2.15 bits per heavy atom. The number of carbonyl (C=O) groups is 2. The molecule has 0 saturated carbocycles. The zero-order valence-electron chi connectivity index (χ0n) is 7.02. The molecule has 0 spiro atoms. The first-order chi connectivity index (χ1) is 5.81. The van der Waals surface area contributed by atoms with Crippen LogP contribution in [0.3, 0.4) is 0 Å². The zero-order chi connectivity index (χ0) is 10.6. The first-order valence-corrected chi connectivity index (χ1v) is 3.44. The highest BCUT2D eigenvalue weighted by Gasteiger charge is 2.39. The molecule has 2 unspecified atom stereocenters. The quantitative estimate of drug-likeness (QED) is 0.510. The largest absolute Gasteiger partial charge is 0.480 e. The third-order valence-electron chi connectivity index (χ3n) is 1.53. The summed E-state index contributed by atoms with van der Waals surface area (Å²) < 4.78 is 0. The Labute approximate surface area is 74.6 Å². The van der Waals surface area contributed by atoms with Crippen LogP contribution in [-0.4, -0.2) is 27.7 Å². The second-order valence-electron chi connectivity index (χ2n) is 2.90. The lowest BCUT2D eigenvalue weighted by Gasteiger charge is -2.23. The monoisotopic (exact) mass is 186 g/mol. The summed E-state index contributed by atoms with van der Waals surface area (Å²) >= 11 is 0. The van der Waals surface area contributed by atoms with Crippen LogP contribution in [0.2, 0.25) is 0 Å². The molecule has 0 bridgehead atoms. The molecule has 0 aromatic carbocycles. The van der Waals surface area contributed by atoms with Gasteiger partial charge >= 0.3 is 5.97 Å². The van der Waals surface area contributed by atoms with E-state index in [0.29, 0.717) is 0 Å². The molecular weight excluding hydrogens is 176 g/mol. The predicted octanol–water partition coefficient (Wildman–Crippen LogP) is -1.16. The molecule has 0 fully saturated rings. The van der Waals surface area contributed by atoms with Crippen LogP contribution in [0.25, 0.3) is 0 Å². The summed E-state index contributed by atoms with van der Waals surface area (Å²) in [5.41, 5.74) is 2.85. The Morgan fingerprint density at radius 1 is 1.69 bits per heavy atom. The first kappa shape index (κ1) is 11.4. The smallest absolute Gasteiger partial charge is 0.323 e. The van der Waals surface area contributed by atoms with Crippen LogP contribution in [0.15, 0.2) is 0 Å². The SMILES string of the molecule is CC(O)(CC(N)=O)C(C#N)C(=O)O. The third kappa shape index (κ3) is 3.09. The average Bonchev–Trinajstić information content (AvgIpc) is 1.82. The number of carboxylic acid groups (broad SMARTS) is 1. The molecule has 0 aliphatic heterocycles. The molecule has 13 heavy (non-hydrogen) atoms. The van der Waals surface area contributed by atoms with Gasteiger partial charge in [0.2, 0.25) is 5.91 Å². The number of rotatable bonds is 4. The summed E-state index contributed by atoms with van der Waals surface area (Å²) in [6.07, 6.45) is -0.558. The van der Waals surface area contributed by atoms with E-state index in [4.69, 9.17) is 16.1 Å². The molecule has 6 heteroatoms. The number of amides is 1. The number of nitrogens with two attached hydrogens (primary N) is 1. The maximum atomic E-state index is 10.4. The second kappa shape index (κ2) is 3.87. The molecule has 0 aromatic heterocycles. The van der Waals surface area contributed by atoms with Crippen LogP contribution >= 0.6 is 0 Å². The van der Waals surface area contributed by atoms with Crippen LogP contribution < -0.4 is 5.73 Å². The molecule has 0 rings (SSSR count). The Morgan fingerprint density at radius 3 is 2.38 bits per heavy atom. The summed E-state index contributed by atoms with van der Waals surface area (Å²) in [6, 6.07) is 1.39. The van der Waals surface area contributed by atoms with Gasteiger partial charge in [-0.25, -0.2) is 0 Å². The molecule has 1 amide bonds. The van der Waals surface area contributed by atoms with Crippen LogP contribution in [-0.2, 0) is 9.59 Å². The molecule has 2 atom stereocenters. The van der Waals surface area contributed by atoms with E-state index in [-0.39, 0.29) is 0 Å². The van der Waals surface area contributed by atoms with Gasteiger partial charge in [0.15, 0.2) is 5.92 Å². The van der Waals surface area contributed by atoms with Gasteiger partial charge in [0.05, 0.1) is 18.1 Å². The van der Waals surface area contributed by atoms with Crippen molar-refractivity contribution < 1.29 is 19.8 Å². The number of nitrogens with zero attached hydrogens (tertiary/aromatic N) is 1. The van der Waals surface area contributed by atoms with Crippen molar-refractivity contribution in [3.05, 3.63) is 0 Å². The maximum Gasteiger partial charge on any atom is 0.323 e. The average molecular weight is 186 g/mol. The van der Waals surface area contributed by atoms with E-state index in [9.17, 15) is 14.7 Å². The van der Waals surface area contributed by atoms with Crippen molar-refractivity contribution >= 4 is 11.9 Å². The lowest BCUT2D eigenvalue weighted by Crippen LogP contribution is -2.42. The fraction of sp³-hybridized carbons (Fsp3) is 0.571. The second-order valence-corrected chi connectivity index (χ2v) is 2.90. The van der Waals surface area contributed by atoms with Crippen molar-refractivity contribution in [3.63, 3.8) is 0 Å². The maximum absolute atomic E-state index is 10.4. The summed E-state index contributed by atoms with van der Waals surface area (Å²) in [6.45, 7) is 1.08. The molecule has 0 saturated heterocycles. The third-order valence-corrected chi connectivity index (χ3v) is 1.53. The Bertz CT molecular complexity index is 266. The number of nitriles is 1. The molecule has 0 aliphatic rings. The number of hydrogen-bond acceptors (Lipinski definition) is 4. The van der Waals surface area contributed by atoms with Crippen LogP contribution in [0, 0.1) is 17.2 Å². The minimum absolute atomic E-state index is 0.558. The van der Waals surface area contributed by atoms with Gasteiger partial charge in [0.25, 0.3) is 0 Å². The molecule has 0 aromatic rings. The highest BCUT2D eigenvalue weighted by molar-refractivity contribution is 5.79. The lowest BCUT2D eigenvalue weighted by atomic mass is 9.87. The van der Waals surface area contributed by atoms with E-state index in [1.165, 1.54) is 6.07 Å². The van der Waals surface area contributed by atoms with Gasteiger partial charge in [-0.2, -0.15) is 5.26 Å². The summed E-state index contributed by atoms with van der Waals surface area (Å²) in [7, 11) is 0. The van der Waals surface area contributed by atoms with Gasteiger partial charge in [-0.05, 0) is 6.92 Å². The van der Waals surface area contributed by atoms with Gasteiger partial charge in [-0.1, -0.05) is 0 Å². The first-order valence-electron chi connectivity index (χ1n) is 3.44. The summed E-state index contributed by atoms with van der Waals surface area (Å²) in [5, 5.41) is 26.3. The molecule has 0 heterocycles. The highest BCUT2D eigenvalue weighted by atomic mass is 16.4. The number of hydrogen-bond donors (Lipinski definition) is 3. The van der Waals surface area contributed by atoms with Crippen molar-refractivity contribution in [2.75, 3.05) is 0 Å². The van der Waals surface area contributed by atoms with E-state index in [1.54, 1.807) is 0 Å². The van der Waals surface area contributed by atoms with Gasteiger partial charge in [0.1, 0.15) is 0 Å². The van der Waals surface area contributed by atoms with E-state index in [2.05, 4.69) is 0 Å². The fourth-order valence-corrected chi connectivity index (χ4v) is 0.915. The summed E-state index contributed by atoms with van der Waals surface area (Å²) in [5.74, 6) is -3.99. The zero-order valence-corrected chi connectivity index (χ0v) is 7.02. The Hall–Kier alpha value is -1.61. The van der Waals surface area contributed by atoms with E-state index >= 15 is 0 Å². The van der Waals surface area contributed by atoms with Crippen molar-refractivity contribution in [2.24, 2.45) is 11.7 Å². The molecule has 72 valence electrons. The van der Waals surface area contributed by atoms with Crippen LogP contribution in [0.4, 0.5) is 0 Å². The number of carboxylic acids is 1. The van der Waals surface area contributed by atoms with E-state index in [1.807, 2.05) is 0 Å². The van der Waals surface area contributed by atoms with E-state index in [0.717, 1.165) is 6.92 Å². The standard InChI is InChI=1S/C7H10N2O4/c1-7(13,2-5(9)10)4(3-8)6(11)12/h4,13H,2H2,1H3,(H2,9,10)(H,11,12). The van der Waals surface area contributed by atoms with Crippen molar-refractivity contribution in [1.29, 1.82) is 5.26 Å². The molecular formula is C7H10N2O4. The number of aliphatic hydroxyl groups is 1. The predicted molar refractivity (Wildman–Crippen MR) is 41.2 cm³/mol. The molecule has 4 N–H and O–H groups in total. The number of carbonyl (C=O) groups excluding carboxylic acids is 1. The van der Waals surface area contributed by atoms with Gasteiger partial charge in [0, 0.05) is 0 Å². The van der Waals surface area contributed by atoms with Crippen molar-refractivity contribution in [1.82, 2.24) is 0 Å². The Kier molecular flexibility index (Phi) is 3.39. The normalized spacial score (nSPS) is 16.7. The Balaban J connectivity index is 4.69. The van der Waals surface area contributed by atoms with Crippen molar-refractivity contribution in [3.8, 4) is 6.07 Å². The highest BCUT2D eigenvalue weighted by Crippen LogP contribution is 2.20. The minimum Gasteiger partial charge on any atom is -0.480 e. The van der Waals surface area contributed by atoms with Crippen LogP contribution in [0.1, 0.15) is 13.3 Å². The molecule has 0 aliphatic carbocycles. The lowest BCUT2D eigenvalue weighted by molar-refractivity contribution is -0.148. The fourth-order valence-electron chi connectivity index (χ4n) is 0.915. The van der Waals surface area contributed by atoms with Gasteiger partial charge < -0.3 is 15.9 Å². The number of primary amides is 1. The van der Waals surface area contributed by atoms with Gasteiger partial charge in [-0.15, -0.1) is 0 Å². The van der Waals surface area contributed by atoms with Gasteiger partial charge in [-0.3, -0.25) is 9.59 Å². The van der Waals surface area contributed by atoms with Crippen LogP contribution in [0.5, 0.6) is 0 Å². The topological polar surface area (TPSA) is 124 Å². The minimum atomic E-state index is -1.92. The molecule has 6 nitrogen and oxygen atoms in total.